The molecule has 118 valence electrons. The molecular weight excluding hydrogens is 288 g/mol. The molecule has 0 saturated carbocycles. The van der Waals surface area contributed by atoms with Gasteiger partial charge in [0.25, 0.3) is 0 Å². The zero-order chi connectivity index (χ0) is 15.9. The molecule has 1 saturated heterocycles. The summed E-state index contributed by atoms with van der Waals surface area (Å²) in [5.74, 6) is -2.23. The molecule has 1 aliphatic heterocycles. The molecule has 0 aromatic heterocycles. The average Bonchev–Trinajstić information content (AvgIpc) is 2.56. The second-order valence-corrected chi connectivity index (χ2v) is 5.49. The van der Waals surface area contributed by atoms with Gasteiger partial charge in [0, 0.05) is 5.56 Å². The maximum atomic E-state index is 10.8. The molecule has 0 radical (unpaired) electrons. The highest BCUT2D eigenvalue weighted by molar-refractivity contribution is 5.86. The van der Waals surface area contributed by atoms with Crippen LogP contribution in [0.4, 0.5) is 0 Å². The van der Waals surface area contributed by atoms with Gasteiger partial charge in [-0.3, -0.25) is 0 Å². The Morgan fingerprint density at radius 3 is 2.36 bits per heavy atom. The summed E-state index contributed by atoms with van der Waals surface area (Å²) in [7, 11) is 0. The van der Waals surface area contributed by atoms with Crippen LogP contribution in [0.3, 0.4) is 0 Å². The standard InChI is InChI=1S/C16H18O6/c17-8-12-13(18)14(19)15(20)16(21,22-12)11-7-3-5-9-4-1-2-6-10(9)11/h1-7,12-15,17-21H,8H2/t12-,13-,14+,15-,16+/m1/s1. The molecule has 0 amide bonds. The van der Waals surface area contributed by atoms with E-state index in [4.69, 9.17) is 4.74 Å². The molecule has 0 aliphatic carbocycles. The molecule has 1 fully saturated rings. The van der Waals surface area contributed by atoms with E-state index in [1.54, 1.807) is 24.3 Å². The fourth-order valence-corrected chi connectivity index (χ4v) is 2.91. The molecular formula is C16H18O6. The molecule has 6 heteroatoms. The number of rotatable bonds is 2. The fraction of sp³-hybridized carbons (Fsp3) is 0.375. The van der Waals surface area contributed by atoms with Gasteiger partial charge < -0.3 is 30.3 Å². The highest BCUT2D eigenvalue weighted by Gasteiger charge is 2.54. The first-order valence-electron chi connectivity index (χ1n) is 7.02. The van der Waals surface area contributed by atoms with Gasteiger partial charge in [-0.2, -0.15) is 0 Å². The summed E-state index contributed by atoms with van der Waals surface area (Å²) in [6, 6.07) is 12.3. The van der Waals surface area contributed by atoms with Crippen LogP contribution in [-0.4, -0.2) is 56.6 Å². The molecule has 22 heavy (non-hydrogen) atoms. The van der Waals surface area contributed by atoms with Crippen molar-refractivity contribution >= 4 is 10.8 Å². The highest BCUT2D eigenvalue weighted by Crippen LogP contribution is 2.39. The maximum Gasteiger partial charge on any atom is 0.223 e. The Labute approximate surface area is 126 Å². The molecule has 0 unspecified atom stereocenters. The van der Waals surface area contributed by atoms with Gasteiger partial charge in [-0.05, 0) is 10.8 Å². The molecule has 3 rings (SSSR count). The first kappa shape index (κ1) is 15.4. The lowest BCUT2D eigenvalue weighted by molar-refractivity contribution is -0.357. The van der Waals surface area contributed by atoms with E-state index >= 15 is 0 Å². The first-order chi connectivity index (χ1) is 10.5. The van der Waals surface area contributed by atoms with Gasteiger partial charge in [-0.25, -0.2) is 0 Å². The summed E-state index contributed by atoms with van der Waals surface area (Å²) in [6.07, 6.45) is -6.09. The van der Waals surface area contributed by atoms with Crippen molar-refractivity contribution in [2.24, 2.45) is 0 Å². The van der Waals surface area contributed by atoms with Gasteiger partial charge in [0.1, 0.15) is 24.4 Å². The van der Waals surface area contributed by atoms with Crippen LogP contribution < -0.4 is 0 Å². The Bertz CT molecular complexity index is 667. The largest absolute Gasteiger partial charge is 0.394 e. The lowest BCUT2D eigenvalue weighted by Crippen LogP contribution is -2.63. The Morgan fingerprint density at radius 2 is 1.64 bits per heavy atom. The average molecular weight is 306 g/mol. The molecule has 0 bridgehead atoms. The van der Waals surface area contributed by atoms with Gasteiger partial charge in [0.2, 0.25) is 5.79 Å². The van der Waals surface area contributed by atoms with E-state index in [9.17, 15) is 25.5 Å². The molecule has 1 aliphatic rings. The number of aliphatic hydroxyl groups is 5. The molecule has 1 heterocycles. The summed E-state index contributed by atoms with van der Waals surface area (Å²) in [5.41, 5.74) is 0.266. The van der Waals surface area contributed by atoms with Crippen molar-refractivity contribution < 1.29 is 30.3 Å². The predicted octanol–water partition coefficient (Wildman–Crippen LogP) is -0.541. The summed E-state index contributed by atoms with van der Waals surface area (Å²) in [5, 5.41) is 51.6. The Morgan fingerprint density at radius 1 is 0.955 bits per heavy atom. The fourth-order valence-electron chi connectivity index (χ4n) is 2.91. The van der Waals surface area contributed by atoms with Gasteiger partial charge in [-0.1, -0.05) is 42.5 Å². The van der Waals surface area contributed by atoms with Crippen molar-refractivity contribution in [3.8, 4) is 0 Å². The van der Waals surface area contributed by atoms with Crippen molar-refractivity contribution in [1.29, 1.82) is 0 Å². The van der Waals surface area contributed by atoms with Crippen LogP contribution in [-0.2, 0) is 10.5 Å². The minimum Gasteiger partial charge on any atom is -0.394 e. The van der Waals surface area contributed by atoms with Crippen molar-refractivity contribution in [2.45, 2.75) is 30.2 Å². The smallest absolute Gasteiger partial charge is 0.223 e. The third kappa shape index (κ3) is 2.21. The molecule has 2 aromatic carbocycles. The van der Waals surface area contributed by atoms with Crippen molar-refractivity contribution in [2.75, 3.05) is 6.61 Å². The van der Waals surface area contributed by atoms with Gasteiger partial charge in [0.15, 0.2) is 0 Å². The van der Waals surface area contributed by atoms with E-state index in [1.807, 2.05) is 18.2 Å². The summed E-state index contributed by atoms with van der Waals surface area (Å²) in [6.45, 7) is -0.599. The Balaban J connectivity index is 2.14. The van der Waals surface area contributed by atoms with E-state index in [-0.39, 0.29) is 5.56 Å². The number of ether oxygens (including phenoxy) is 1. The van der Waals surface area contributed by atoms with E-state index in [2.05, 4.69) is 0 Å². The Hall–Kier alpha value is -1.54. The van der Waals surface area contributed by atoms with Crippen LogP contribution >= 0.6 is 0 Å². The molecule has 2 aromatic rings. The van der Waals surface area contributed by atoms with Crippen LogP contribution in [0.2, 0.25) is 0 Å². The number of hydrogen-bond acceptors (Lipinski definition) is 6. The number of hydrogen-bond donors (Lipinski definition) is 5. The summed E-state index contributed by atoms with van der Waals surface area (Å²) >= 11 is 0. The third-order valence-electron chi connectivity index (χ3n) is 4.14. The number of aliphatic hydroxyl groups excluding tert-OH is 4. The lowest BCUT2D eigenvalue weighted by atomic mass is 9.86. The number of fused-ring (bicyclic) bond motifs is 1. The van der Waals surface area contributed by atoms with Crippen molar-refractivity contribution in [3.63, 3.8) is 0 Å². The topological polar surface area (TPSA) is 110 Å². The van der Waals surface area contributed by atoms with Crippen molar-refractivity contribution in [3.05, 3.63) is 48.0 Å². The van der Waals surface area contributed by atoms with E-state index in [1.165, 1.54) is 0 Å². The van der Waals surface area contributed by atoms with Crippen LogP contribution in [0.1, 0.15) is 5.56 Å². The zero-order valence-corrected chi connectivity index (χ0v) is 11.7. The maximum absolute atomic E-state index is 10.8. The summed E-state index contributed by atoms with van der Waals surface area (Å²) < 4.78 is 5.36. The normalized spacial score (nSPS) is 35.7. The van der Waals surface area contributed by atoms with E-state index < -0.39 is 36.8 Å². The first-order valence-corrected chi connectivity index (χ1v) is 7.02. The molecule has 6 nitrogen and oxygen atoms in total. The van der Waals surface area contributed by atoms with Crippen LogP contribution in [0.25, 0.3) is 10.8 Å². The van der Waals surface area contributed by atoms with Gasteiger partial charge in [-0.15, -0.1) is 0 Å². The number of benzene rings is 2. The molecule has 5 atom stereocenters. The Kier molecular flexibility index (Phi) is 3.90. The second-order valence-electron chi connectivity index (χ2n) is 5.49. The second kappa shape index (κ2) is 5.58. The zero-order valence-electron chi connectivity index (χ0n) is 11.7. The third-order valence-corrected chi connectivity index (χ3v) is 4.14. The monoisotopic (exact) mass is 306 g/mol. The lowest BCUT2D eigenvalue weighted by Gasteiger charge is -2.45. The van der Waals surface area contributed by atoms with Gasteiger partial charge in [0.05, 0.1) is 6.61 Å². The quantitative estimate of drug-likeness (QED) is 0.510. The molecule has 5 N–H and O–H groups in total. The van der Waals surface area contributed by atoms with Crippen LogP contribution in [0.5, 0.6) is 0 Å². The predicted molar refractivity (Wildman–Crippen MR) is 77.8 cm³/mol. The minimum atomic E-state index is -2.23. The highest BCUT2D eigenvalue weighted by atomic mass is 16.7. The van der Waals surface area contributed by atoms with Crippen LogP contribution in [0, 0.1) is 0 Å². The van der Waals surface area contributed by atoms with E-state index in [0.29, 0.717) is 5.39 Å². The minimum absolute atomic E-state index is 0.266. The van der Waals surface area contributed by atoms with E-state index in [0.717, 1.165) is 5.39 Å². The van der Waals surface area contributed by atoms with Crippen LogP contribution in [0.15, 0.2) is 42.5 Å². The molecule has 0 spiro atoms. The van der Waals surface area contributed by atoms with Gasteiger partial charge >= 0.3 is 0 Å². The summed E-state index contributed by atoms with van der Waals surface area (Å²) in [4.78, 5) is 0. The van der Waals surface area contributed by atoms with Crippen molar-refractivity contribution in [1.82, 2.24) is 0 Å². The SMILES string of the molecule is OC[C@H]1O[C@@](O)(c2cccc3ccccc23)[C@H](O)[C@@H](O)[C@@H]1O.